The molecule has 0 unspecified atom stereocenters. The normalized spacial score (nSPS) is 15.1. The van der Waals surface area contributed by atoms with Crippen molar-refractivity contribution in [3.63, 3.8) is 0 Å². The second-order valence-electron chi connectivity index (χ2n) is 8.84. The Kier molecular flexibility index (Phi) is 5.25. The Balaban J connectivity index is 1.26. The van der Waals surface area contributed by atoms with Crippen molar-refractivity contribution in [3.05, 3.63) is 65.7 Å². The van der Waals surface area contributed by atoms with Gasteiger partial charge >= 0.3 is 0 Å². The SMILES string of the molecule is CC(C)c1cccc(C(=O)N2CCC(c3nc(-c4ccc5cnn(C)c5c4)no3)CC2)c1. The lowest BCUT2D eigenvalue weighted by Gasteiger charge is -2.30. The standard InChI is InChI=1S/C25H27N5O2/c1-16(2)18-5-4-6-20(13-18)25(31)30-11-9-17(10-12-30)24-27-23(28-32-24)19-7-8-21-15-26-29(3)22(21)14-19/h4-8,13-17H,9-12H2,1-3H3. The van der Waals surface area contributed by atoms with E-state index in [4.69, 9.17) is 4.52 Å². The van der Waals surface area contributed by atoms with E-state index in [2.05, 4.69) is 35.2 Å². The Morgan fingerprint density at radius 1 is 1.12 bits per heavy atom. The van der Waals surface area contributed by atoms with Crippen LogP contribution in [0.3, 0.4) is 0 Å². The van der Waals surface area contributed by atoms with Gasteiger partial charge in [-0.15, -0.1) is 0 Å². The highest BCUT2D eigenvalue weighted by molar-refractivity contribution is 5.94. The molecule has 0 bridgehead atoms. The van der Waals surface area contributed by atoms with Crippen molar-refractivity contribution in [1.29, 1.82) is 0 Å². The van der Waals surface area contributed by atoms with Gasteiger partial charge in [0.1, 0.15) is 0 Å². The number of piperidine rings is 1. The third kappa shape index (κ3) is 3.79. The first-order valence-corrected chi connectivity index (χ1v) is 11.1. The highest BCUT2D eigenvalue weighted by Crippen LogP contribution is 2.30. The van der Waals surface area contributed by atoms with Crippen molar-refractivity contribution < 1.29 is 9.32 Å². The van der Waals surface area contributed by atoms with Gasteiger partial charge in [-0.05, 0) is 42.5 Å². The average Bonchev–Trinajstić information content (AvgIpc) is 3.46. The monoisotopic (exact) mass is 429 g/mol. The maximum Gasteiger partial charge on any atom is 0.253 e. The van der Waals surface area contributed by atoms with Crippen LogP contribution in [0.2, 0.25) is 0 Å². The summed E-state index contributed by atoms with van der Waals surface area (Å²) in [7, 11) is 1.92. The second kappa shape index (κ2) is 8.22. The number of likely N-dealkylation sites (tertiary alicyclic amines) is 1. The molecule has 7 heteroatoms. The van der Waals surface area contributed by atoms with E-state index in [1.165, 1.54) is 5.56 Å². The summed E-state index contributed by atoms with van der Waals surface area (Å²) in [5, 5.41) is 9.58. The van der Waals surface area contributed by atoms with Gasteiger partial charge in [0, 0.05) is 42.6 Å². The van der Waals surface area contributed by atoms with Crippen molar-refractivity contribution in [3.8, 4) is 11.4 Å². The Morgan fingerprint density at radius 2 is 1.94 bits per heavy atom. The summed E-state index contributed by atoms with van der Waals surface area (Å²) >= 11 is 0. The molecule has 0 N–H and O–H groups in total. The van der Waals surface area contributed by atoms with Crippen LogP contribution in [0.15, 0.2) is 53.2 Å². The van der Waals surface area contributed by atoms with Crippen molar-refractivity contribution >= 4 is 16.8 Å². The molecule has 4 aromatic rings. The van der Waals surface area contributed by atoms with E-state index in [0.717, 1.165) is 34.9 Å². The largest absolute Gasteiger partial charge is 0.339 e. The number of nitrogens with zero attached hydrogens (tertiary/aromatic N) is 5. The van der Waals surface area contributed by atoms with Crippen LogP contribution in [0.25, 0.3) is 22.3 Å². The molecular weight excluding hydrogens is 402 g/mol. The molecule has 1 saturated heterocycles. The molecule has 0 saturated carbocycles. The second-order valence-corrected chi connectivity index (χ2v) is 8.84. The topological polar surface area (TPSA) is 77.1 Å². The van der Waals surface area contributed by atoms with Gasteiger partial charge in [-0.3, -0.25) is 9.48 Å². The van der Waals surface area contributed by atoms with Crippen molar-refractivity contribution in [2.75, 3.05) is 13.1 Å². The fraction of sp³-hybridized carbons (Fsp3) is 0.360. The van der Waals surface area contributed by atoms with Gasteiger partial charge in [0.25, 0.3) is 5.91 Å². The molecule has 1 aliphatic heterocycles. The quantitative estimate of drug-likeness (QED) is 0.467. The molecule has 1 aliphatic rings. The van der Waals surface area contributed by atoms with Gasteiger partial charge in [-0.2, -0.15) is 10.1 Å². The molecule has 3 heterocycles. The maximum atomic E-state index is 13.0. The molecule has 32 heavy (non-hydrogen) atoms. The molecule has 0 radical (unpaired) electrons. The molecule has 2 aromatic heterocycles. The average molecular weight is 430 g/mol. The molecule has 1 amide bonds. The van der Waals surface area contributed by atoms with Gasteiger partial charge in [-0.1, -0.05) is 43.3 Å². The van der Waals surface area contributed by atoms with Crippen molar-refractivity contribution in [2.45, 2.75) is 38.5 Å². The van der Waals surface area contributed by atoms with Gasteiger partial charge in [0.2, 0.25) is 11.7 Å². The zero-order chi connectivity index (χ0) is 22.2. The van der Waals surface area contributed by atoms with Gasteiger partial charge < -0.3 is 9.42 Å². The van der Waals surface area contributed by atoms with Crippen molar-refractivity contribution in [2.24, 2.45) is 7.05 Å². The molecule has 5 rings (SSSR count). The molecular formula is C25H27N5O2. The molecule has 1 fully saturated rings. The van der Waals surface area contributed by atoms with Crippen LogP contribution in [-0.2, 0) is 7.05 Å². The summed E-state index contributed by atoms with van der Waals surface area (Å²) in [5.74, 6) is 1.91. The van der Waals surface area contributed by atoms with Gasteiger partial charge in [0.15, 0.2) is 0 Å². The predicted octanol–water partition coefficient (Wildman–Crippen LogP) is 4.77. The van der Waals surface area contributed by atoms with E-state index in [9.17, 15) is 4.79 Å². The lowest BCUT2D eigenvalue weighted by molar-refractivity contribution is 0.0704. The highest BCUT2D eigenvalue weighted by atomic mass is 16.5. The first-order valence-electron chi connectivity index (χ1n) is 11.1. The third-order valence-electron chi connectivity index (χ3n) is 6.38. The van der Waals surface area contributed by atoms with Gasteiger partial charge in [0.05, 0.1) is 11.7 Å². The van der Waals surface area contributed by atoms with Crippen LogP contribution in [0, 0.1) is 0 Å². The summed E-state index contributed by atoms with van der Waals surface area (Å²) in [6.07, 6.45) is 3.48. The number of carbonyl (C=O) groups excluding carboxylic acids is 1. The number of rotatable bonds is 4. The Labute approximate surface area is 187 Å². The lowest BCUT2D eigenvalue weighted by atomic mass is 9.95. The molecule has 164 valence electrons. The number of aryl methyl sites for hydroxylation is 1. The van der Waals surface area contributed by atoms with Crippen LogP contribution in [0.5, 0.6) is 0 Å². The minimum Gasteiger partial charge on any atom is -0.339 e. The van der Waals surface area contributed by atoms with E-state index in [-0.39, 0.29) is 11.8 Å². The fourth-order valence-electron chi connectivity index (χ4n) is 4.34. The maximum absolute atomic E-state index is 13.0. The first-order chi connectivity index (χ1) is 15.5. The summed E-state index contributed by atoms with van der Waals surface area (Å²) in [4.78, 5) is 19.6. The van der Waals surface area contributed by atoms with Crippen LogP contribution >= 0.6 is 0 Å². The van der Waals surface area contributed by atoms with E-state index >= 15 is 0 Å². The van der Waals surface area contributed by atoms with Gasteiger partial charge in [-0.25, -0.2) is 0 Å². The van der Waals surface area contributed by atoms with E-state index in [0.29, 0.717) is 30.7 Å². The van der Waals surface area contributed by atoms with Crippen LogP contribution in [0.4, 0.5) is 0 Å². The first kappa shape index (κ1) is 20.4. The molecule has 0 atom stereocenters. The summed E-state index contributed by atoms with van der Waals surface area (Å²) in [6.45, 7) is 5.66. The zero-order valence-corrected chi connectivity index (χ0v) is 18.7. The van der Waals surface area contributed by atoms with E-state index < -0.39 is 0 Å². The van der Waals surface area contributed by atoms with Crippen LogP contribution < -0.4 is 0 Å². The number of hydrogen-bond donors (Lipinski definition) is 0. The zero-order valence-electron chi connectivity index (χ0n) is 18.7. The predicted molar refractivity (Wildman–Crippen MR) is 122 cm³/mol. The molecule has 0 aliphatic carbocycles. The van der Waals surface area contributed by atoms with E-state index in [1.807, 2.05) is 59.2 Å². The highest BCUT2D eigenvalue weighted by Gasteiger charge is 2.28. The Bertz CT molecular complexity index is 1260. The minimum atomic E-state index is 0.0987. The molecule has 7 nitrogen and oxygen atoms in total. The fourth-order valence-corrected chi connectivity index (χ4v) is 4.34. The minimum absolute atomic E-state index is 0.0987. The van der Waals surface area contributed by atoms with Crippen LogP contribution in [0.1, 0.15) is 60.3 Å². The summed E-state index contributed by atoms with van der Waals surface area (Å²) in [5.41, 5.74) is 3.89. The number of hydrogen-bond acceptors (Lipinski definition) is 5. The smallest absolute Gasteiger partial charge is 0.253 e. The lowest BCUT2D eigenvalue weighted by Crippen LogP contribution is -2.38. The number of aromatic nitrogens is 4. The summed E-state index contributed by atoms with van der Waals surface area (Å²) in [6, 6.07) is 14.0. The molecule has 2 aromatic carbocycles. The number of fused-ring (bicyclic) bond motifs is 1. The number of benzene rings is 2. The Morgan fingerprint density at radius 3 is 2.72 bits per heavy atom. The third-order valence-corrected chi connectivity index (χ3v) is 6.38. The van der Waals surface area contributed by atoms with E-state index in [1.54, 1.807) is 0 Å². The molecule has 0 spiro atoms. The van der Waals surface area contributed by atoms with Crippen LogP contribution in [-0.4, -0.2) is 43.8 Å². The number of amides is 1. The Hall–Kier alpha value is -3.48. The van der Waals surface area contributed by atoms with Crippen molar-refractivity contribution in [1.82, 2.24) is 24.8 Å². The number of carbonyl (C=O) groups is 1. The summed E-state index contributed by atoms with van der Waals surface area (Å²) < 4.78 is 7.45.